The Hall–Kier alpha value is -1.05. The summed E-state index contributed by atoms with van der Waals surface area (Å²) in [6.07, 6.45) is 1.03. The molecule has 1 unspecified atom stereocenters. The van der Waals surface area contributed by atoms with E-state index < -0.39 is 16.0 Å². The fourth-order valence-corrected chi connectivity index (χ4v) is 4.23. The third-order valence-electron chi connectivity index (χ3n) is 3.00. The van der Waals surface area contributed by atoms with Gasteiger partial charge in [0.05, 0.1) is 10.5 Å². The van der Waals surface area contributed by atoms with Gasteiger partial charge in [-0.15, -0.1) is 0 Å². The Morgan fingerprint density at radius 2 is 2.05 bits per heavy atom. The van der Waals surface area contributed by atoms with Crippen molar-refractivity contribution in [1.82, 2.24) is 4.72 Å². The van der Waals surface area contributed by atoms with Crippen LogP contribution in [0.25, 0.3) is 0 Å². The summed E-state index contributed by atoms with van der Waals surface area (Å²) in [6, 6.07) is 5.22. The summed E-state index contributed by atoms with van der Waals surface area (Å²) in [6.45, 7) is 0.440. The van der Waals surface area contributed by atoms with E-state index in [0.717, 1.165) is 17.9 Å². The van der Waals surface area contributed by atoms with Crippen molar-refractivity contribution in [3.63, 3.8) is 0 Å². The van der Waals surface area contributed by atoms with Gasteiger partial charge in [0.15, 0.2) is 0 Å². The molecule has 0 radical (unpaired) electrons. The van der Waals surface area contributed by atoms with Crippen LogP contribution in [0.2, 0.25) is 0 Å². The van der Waals surface area contributed by atoms with E-state index in [1.807, 2.05) is 11.8 Å². The average molecular weight is 301 g/mol. The molecule has 1 aliphatic heterocycles. The molecular weight excluding hydrogens is 286 g/mol. The first-order chi connectivity index (χ1) is 8.99. The number of thioether (sulfide) groups is 1. The van der Waals surface area contributed by atoms with Crippen LogP contribution in [0.15, 0.2) is 29.2 Å². The SMILES string of the molecule is O=C(O)c1ccc(S(=O)(=O)NCC2CCSC2)cc1. The van der Waals surface area contributed by atoms with E-state index in [1.54, 1.807) is 0 Å². The van der Waals surface area contributed by atoms with E-state index in [1.165, 1.54) is 24.3 Å². The number of nitrogens with one attached hydrogen (secondary N) is 1. The van der Waals surface area contributed by atoms with Crippen LogP contribution in [0, 0.1) is 5.92 Å². The molecule has 2 N–H and O–H groups in total. The number of rotatable bonds is 5. The predicted molar refractivity (Wildman–Crippen MR) is 74.0 cm³/mol. The molecule has 1 aliphatic rings. The molecule has 1 fully saturated rings. The molecule has 1 aromatic carbocycles. The second-order valence-corrected chi connectivity index (χ2v) is 7.33. The van der Waals surface area contributed by atoms with Crippen LogP contribution < -0.4 is 4.72 Å². The van der Waals surface area contributed by atoms with E-state index in [-0.39, 0.29) is 10.5 Å². The van der Waals surface area contributed by atoms with Crippen LogP contribution in [0.5, 0.6) is 0 Å². The summed E-state index contributed by atoms with van der Waals surface area (Å²) < 4.78 is 26.6. The first-order valence-electron chi connectivity index (χ1n) is 5.90. The van der Waals surface area contributed by atoms with Crippen LogP contribution in [-0.4, -0.2) is 37.5 Å². The number of sulfonamides is 1. The quantitative estimate of drug-likeness (QED) is 0.859. The van der Waals surface area contributed by atoms with Crippen molar-refractivity contribution in [3.05, 3.63) is 29.8 Å². The molecular formula is C12H15NO4S2. The van der Waals surface area contributed by atoms with Crippen LogP contribution in [0.1, 0.15) is 16.8 Å². The van der Waals surface area contributed by atoms with Crippen LogP contribution in [0.3, 0.4) is 0 Å². The van der Waals surface area contributed by atoms with Crippen LogP contribution >= 0.6 is 11.8 Å². The minimum Gasteiger partial charge on any atom is -0.478 e. The predicted octanol–water partition coefficient (Wildman–Crippen LogP) is 1.42. The lowest BCUT2D eigenvalue weighted by Crippen LogP contribution is -2.29. The zero-order valence-electron chi connectivity index (χ0n) is 10.2. The van der Waals surface area contributed by atoms with Gasteiger partial charge in [-0.1, -0.05) is 0 Å². The van der Waals surface area contributed by atoms with Crippen LogP contribution in [-0.2, 0) is 10.0 Å². The van der Waals surface area contributed by atoms with E-state index >= 15 is 0 Å². The second kappa shape index (κ2) is 5.94. The highest BCUT2D eigenvalue weighted by molar-refractivity contribution is 7.99. The van der Waals surface area contributed by atoms with Crippen LogP contribution in [0.4, 0.5) is 0 Å². The summed E-state index contributed by atoms with van der Waals surface area (Å²) in [4.78, 5) is 10.8. The van der Waals surface area contributed by atoms with Crippen molar-refractivity contribution in [1.29, 1.82) is 0 Å². The highest BCUT2D eigenvalue weighted by Crippen LogP contribution is 2.23. The van der Waals surface area contributed by atoms with Crippen molar-refractivity contribution in [2.45, 2.75) is 11.3 Å². The van der Waals surface area contributed by atoms with E-state index in [9.17, 15) is 13.2 Å². The maximum absolute atomic E-state index is 12.0. The largest absolute Gasteiger partial charge is 0.478 e. The molecule has 7 heteroatoms. The van der Waals surface area contributed by atoms with Crippen molar-refractivity contribution in [3.8, 4) is 0 Å². The molecule has 1 atom stereocenters. The smallest absolute Gasteiger partial charge is 0.335 e. The topological polar surface area (TPSA) is 83.5 Å². The molecule has 0 aromatic heterocycles. The maximum atomic E-state index is 12.0. The Bertz CT molecular complexity index is 548. The Labute approximate surface area is 116 Å². The number of aromatic carboxylic acids is 1. The number of carboxylic acids is 1. The lowest BCUT2D eigenvalue weighted by Gasteiger charge is -2.10. The van der Waals surface area contributed by atoms with Crippen molar-refractivity contribution in [2.75, 3.05) is 18.1 Å². The lowest BCUT2D eigenvalue weighted by atomic mass is 10.1. The average Bonchev–Trinajstić information content (AvgIpc) is 2.90. The number of carbonyl (C=O) groups is 1. The van der Waals surface area contributed by atoms with Gasteiger partial charge in [0.25, 0.3) is 0 Å². The lowest BCUT2D eigenvalue weighted by molar-refractivity contribution is 0.0696. The Morgan fingerprint density at radius 1 is 1.37 bits per heavy atom. The molecule has 104 valence electrons. The molecule has 0 spiro atoms. The summed E-state index contributed by atoms with van der Waals surface area (Å²) in [7, 11) is -3.54. The highest BCUT2D eigenvalue weighted by Gasteiger charge is 2.20. The Kier molecular flexibility index (Phi) is 4.49. The minimum atomic E-state index is -3.54. The molecule has 0 amide bonds. The standard InChI is InChI=1S/C12H15NO4S2/c14-12(15)10-1-3-11(4-2-10)19(16,17)13-7-9-5-6-18-8-9/h1-4,9,13H,5-8H2,(H,14,15). The number of hydrogen-bond acceptors (Lipinski definition) is 4. The molecule has 1 heterocycles. The van der Waals surface area contributed by atoms with Crippen molar-refractivity contribution < 1.29 is 18.3 Å². The summed E-state index contributed by atoms with van der Waals surface area (Å²) >= 11 is 1.83. The Balaban J connectivity index is 2.03. The van der Waals surface area contributed by atoms with Gasteiger partial charge < -0.3 is 5.11 Å². The monoisotopic (exact) mass is 301 g/mol. The third kappa shape index (κ3) is 3.71. The molecule has 0 bridgehead atoms. The van der Waals surface area contributed by atoms with Gasteiger partial charge in [0.2, 0.25) is 10.0 Å². The minimum absolute atomic E-state index is 0.0751. The van der Waals surface area contributed by atoms with Crippen molar-refractivity contribution >= 4 is 27.8 Å². The summed E-state index contributed by atoms with van der Waals surface area (Å²) in [5, 5.41) is 8.76. The van der Waals surface area contributed by atoms with Gasteiger partial charge in [-0.05, 0) is 48.1 Å². The van der Waals surface area contributed by atoms with E-state index in [0.29, 0.717) is 12.5 Å². The van der Waals surface area contributed by atoms with Gasteiger partial charge in [0.1, 0.15) is 0 Å². The molecule has 19 heavy (non-hydrogen) atoms. The molecule has 0 aliphatic carbocycles. The number of hydrogen-bond donors (Lipinski definition) is 2. The van der Waals surface area contributed by atoms with E-state index in [2.05, 4.69) is 4.72 Å². The first kappa shape index (κ1) is 14.4. The fraction of sp³-hybridized carbons (Fsp3) is 0.417. The molecule has 2 rings (SSSR count). The maximum Gasteiger partial charge on any atom is 0.335 e. The molecule has 5 nitrogen and oxygen atoms in total. The summed E-state index contributed by atoms with van der Waals surface area (Å²) in [5.41, 5.74) is 0.0751. The van der Waals surface area contributed by atoms with Crippen molar-refractivity contribution in [2.24, 2.45) is 5.92 Å². The fourth-order valence-electron chi connectivity index (χ4n) is 1.83. The molecule has 1 saturated heterocycles. The molecule has 0 saturated carbocycles. The first-order valence-corrected chi connectivity index (χ1v) is 8.53. The normalized spacial score (nSPS) is 19.5. The third-order valence-corrected chi connectivity index (χ3v) is 5.67. The van der Waals surface area contributed by atoms with Gasteiger partial charge in [-0.2, -0.15) is 11.8 Å². The van der Waals surface area contributed by atoms with Gasteiger partial charge in [-0.25, -0.2) is 17.9 Å². The van der Waals surface area contributed by atoms with Gasteiger partial charge in [0, 0.05) is 6.54 Å². The zero-order valence-corrected chi connectivity index (χ0v) is 11.8. The summed E-state index contributed by atoms with van der Waals surface area (Å²) in [5.74, 6) is 1.39. The van der Waals surface area contributed by atoms with Gasteiger partial charge in [-0.3, -0.25) is 0 Å². The highest BCUT2D eigenvalue weighted by atomic mass is 32.2. The second-order valence-electron chi connectivity index (χ2n) is 4.41. The van der Waals surface area contributed by atoms with E-state index in [4.69, 9.17) is 5.11 Å². The Morgan fingerprint density at radius 3 is 2.58 bits per heavy atom. The van der Waals surface area contributed by atoms with Gasteiger partial charge >= 0.3 is 5.97 Å². The number of benzene rings is 1. The molecule has 1 aromatic rings. The zero-order chi connectivity index (χ0) is 13.9. The number of carboxylic acid groups (broad SMARTS) is 1.